The molecule has 2 rings (SSSR count). The van der Waals surface area contributed by atoms with Crippen molar-refractivity contribution in [1.29, 1.82) is 0 Å². The van der Waals surface area contributed by atoms with Crippen molar-refractivity contribution in [3.8, 4) is 0 Å². The first-order chi connectivity index (χ1) is 10.1. The maximum absolute atomic E-state index is 11.0. The third-order valence-electron chi connectivity index (χ3n) is 5.62. The van der Waals surface area contributed by atoms with Crippen LogP contribution in [-0.4, -0.2) is 29.1 Å². The second-order valence-electron chi connectivity index (χ2n) is 7.33. The van der Waals surface area contributed by atoms with Crippen molar-refractivity contribution in [1.82, 2.24) is 0 Å². The summed E-state index contributed by atoms with van der Waals surface area (Å²) in [7, 11) is 0. The van der Waals surface area contributed by atoms with E-state index in [9.17, 15) is 5.11 Å². The molecule has 0 atom stereocenters. The van der Waals surface area contributed by atoms with Crippen LogP contribution < -0.4 is 0 Å². The number of unbranched alkanes of at least 4 members (excludes halogenated alkanes) is 2. The number of aliphatic hydroxyl groups is 1. The van der Waals surface area contributed by atoms with E-state index in [-0.39, 0.29) is 0 Å². The molecule has 1 heterocycles. The standard InChI is InChI=1S/C11H16O.2C4H9.Sn/c1-3-11(12,4-2)10-8-6-5-7-9-10;2*1-3-4-2;/h1-4,10,12H,5-9H2;2*1,3-4H2,2H3;. The van der Waals surface area contributed by atoms with Gasteiger partial charge in [-0.2, -0.15) is 0 Å². The van der Waals surface area contributed by atoms with Crippen LogP contribution in [0.3, 0.4) is 0 Å². The van der Waals surface area contributed by atoms with Crippen LogP contribution in [0.1, 0.15) is 71.6 Å². The second kappa shape index (κ2) is 8.19. The molecule has 0 amide bonds. The normalized spacial score (nSPS) is 24.3. The first-order valence-corrected chi connectivity index (χ1v) is 16.6. The van der Waals surface area contributed by atoms with E-state index >= 15 is 0 Å². The van der Waals surface area contributed by atoms with Gasteiger partial charge in [0.05, 0.1) is 0 Å². The molecule has 120 valence electrons. The number of rotatable bonds is 7. The van der Waals surface area contributed by atoms with Gasteiger partial charge >= 0.3 is 136 Å². The molecule has 1 fully saturated rings. The van der Waals surface area contributed by atoms with Gasteiger partial charge in [0.1, 0.15) is 0 Å². The molecule has 1 saturated carbocycles. The van der Waals surface area contributed by atoms with E-state index in [1.54, 1.807) is 0 Å². The summed E-state index contributed by atoms with van der Waals surface area (Å²) in [5, 5.41) is 11.0. The minimum absolute atomic E-state index is 0.473. The van der Waals surface area contributed by atoms with E-state index < -0.39 is 24.0 Å². The molecule has 0 aromatic heterocycles. The minimum atomic E-state index is -2.22. The Labute approximate surface area is 135 Å². The molecule has 1 aliphatic carbocycles. The van der Waals surface area contributed by atoms with Crippen LogP contribution in [-0.2, 0) is 0 Å². The van der Waals surface area contributed by atoms with E-state index in [1.165, 1.54) is 66.7 Å². The maximum atomic E-state index is 11.0. The zero-order chi connectivity index (χ0) is 15.2. The van der Waals surface area contributed by atoms with Gasteiger partial charge in [0.25, 0.3) is 0 Å². The summed E-state index contributed by atoms with van der Waals surface area (Å²) >= 11 is -2.22. The van der Waals surface area contributed by atoms with Crippen molar-refractivity contribution in [2.24, 2.45) is 5.92 Å². The van der Waals surface area contributed by atoms with Gasteiger partial charge in [0.2, 0.25) is 0 Å². The van der Waals surface area contributed by atoms with Crippen molar-refractivity contribution in [3.05, 3.63) is 20.3 Å². The fourth-order valence-corrected chi connectivity index (χ4v) is 16.1. The Bertz CT molecular complexity index is 342. The fourth-order valence-electron chi connectivity index (χ4n) is 4.02. The summed E-state index contributed by atoms with van der Waals surface area (Å²) in [4.78, 5) is 0. The molecule has 0 aromatic rings. The molecule has 2 heteroatoms. The summed E-state index contributed by atoms with van der Waals surface area (Å²) in [5.74, 6) is 0.473. The van der Waals surface area contributed by atoms with E-state index in [1.807, 2.05) is 0 Å². The predicted molar refractivity (Wildman–Crippen MR) is 95.0 cm³/mol. The van der Waals surface area contributed by atoms with Crippen LogP contribution in [0.15, 0.2) is 20.3 Å². The number of hydrogen-bond donors (Lipinski definition) is 1. The molecule has 21 heavy (non-hydrogen) atoms. The Hall–Kier alpha value is 0.239. The van der Waals surface area contributed by atoms with Crippen molar-refractivity contribution in [2.75, 3.05) is 0 Å². The van der Waals surface area contributed by atoms with Crippen LogP contribution in [0.4, 0.5) is 0 Å². The molecule has 1 aliphatic heterocycles. The van der Waals surface area contributed by atoms with Gasteiger partial charge in [-0.25, -0.2) is 0 Å². The van der Waals surface area contributed by atoms with Crippen LogP contribution >= 0.6 is 0 Å². The Balaban J connectivity index is 2.07. The van der Waals surface area contributed by atoms with Crippen LogP contribution in [0.25, 0.3) is 0 Å². The van der Waals surface area contributed by atoms with Crippen LogP contribution in [0.5, 0.6) is 0 Å². The van der Waals surface area contributed by atoms with E-state index in [0.717, 1.165) is 0 Å². The average molecular weight is 397 g/mol. The summed E-state index contributed by atoms with van der Waals surface area (Å²) in [5.41, 5.74) is -0.612. The summed E-state index contributed by atoms with van der Waals surface area (Å²) in [6.45, 7) is 4.60. The second-order valence-corrected chi connectivity index (χ2v) is 19.1. The quantitative estimate of drug-likeness (QED) is 0.559. The van der Waals surface area contributed by atoms with Gasteiger partial charge in [0, 0.05) is 0 Å². The summed E-state index contributed by atoms with van der Waals surface area (Å²) in [6, 6.07) is 0. The third-order valence-corrected chi connectivity index (χ3v) is 17.7. The van der Waals surface area contributed by atoms with Crippen LogP contribution in [0.2, 0.25) is 8.87 Å². The van der Waals surface area contributed by atoms with Crippen molar-refractivity contribution >= 4 is 18.4 Å². The Morgan fingerprint density at radius 2 is 1.48 bits per heavy atom. The molecule has 0 aromatic carbocycles. The fraction of sp³-hybridized carbons (Fsp3) is 0.789. The molecule has 1 nitrogen and oxygen atoms in total. The van der Waals surface area contributed by atoms with Crippen LogP contribution in [0, 0.1) is 5.92 Å². The average Bonchev–Trinajstić information content (AvgIpc) is 2.54. The summed E-state index contributed by atoms with van der Waals surface area (Å²) < 4.78 is 8.01. The molecule has 2 aliphatic rings. The Morgan fingerprint density at radius 3 is 1.95 bits per heavy atom. The van der Waals surface area contributed by atoms with Gasteiger partial charge < -0.3 is 0 Å². The van der Waals surface area contributed by atoms with Gasteiger partial charge in [-0.1, -0.05) is 0 Å². The monoisotopic (exact) mass is 398 g/mol. The number of hydrogen-bond acceptors (Lipinski definition) is 1. The SMILES string of the molecule is CCC[CH2][Sn]1([CH2]CCC)[CH]=CC(O)(C2CCCCC2)C=[CH]1. The third kappa shape index (κ3) is 4.60. The Kier molecular flexibility index (Phi) is 6.86. The zero-order valence-electron chi connectivity index (χ0n) is 14.1. The van der Waals surface area contributed by atoms with E-state index in [4.69, 9.17) is 0 Å². The molecule has 0 spiro atoms. The van der Waals surface area contributed by atoms with Gasteiger partial charge in [-0.15, -0.1) is 0 Å². The van der Waals surface area contributed by atoms with Gasteiger partial charge in [0.15, 0.2) is 0 Å². The predicted octanol–water partition coefficient (Wildman–Crippen LogP) is 5.55. The molecule has 1 N–H and O–H groups in total. The molecule has 0 radical (unpaired) electrons. The summed E-state index contributed by atoms with van der Waals surface area (Å²) in [6.07, 6.45) is 16.2. The molecular weight excluding hydrogens is 363 g/mol. The molecule has 0 bridgehead atoms. The van der Waals surface area contributed by atoms with E-state index in [2.05, 4.69) is 34.2 Å². The van der Waals surface area contributed by atoms with Crippen molar-refractivity contribution < 1.29 is 5.11 Å². The molecule has 0 unspecified atom stereocenters. The zero-order valence-corrected chi connectivity index (χ0v) is 17.0. The van der Waals surface area contributed by atoms with Crippen molar-refractivity contribution in [2.45, 2.75) is 86.1 Å². The molecule has 0 saturated heterocycles. The van der Waals surface area contributed by atoms with Gasteiger partial charge in [-0.05, 0) is 0 Å². The van der Waals surface area contributed by atoms with Crippen molar-refractivity contribution in [3.63, 3.8) is 0 Å². The molecular formula is C19H34OSn. The topological polar surface area (TPSA) is 20.2 Å². The Morgan fingerprint density at radius 1 is 0.952 bits per heavy atom. The van der Waals surface area contributed by atoms with Gasteiger partial charge in [-0.3, -0.25) is 0 Å². The first-order valence-electron chi connectivity index (χ1n) is 9.27. The first kappa shape index (κ1) is 17.6. The van der Waals surface area contributed by atoms with E-state index in [0.29, 0.717) is 5.92 Å².